The molecule has 0 fully saturated rings. The van der Waals surface area contributed by atoms with Crippen LogP contribution in [0.2, 0.25) is 0 Å². The largest absolute Gasteiger partial charge is 0.501 e. The minimum Gasteiger partial charge on any atom is -0.501 e. The van der Waals surface area contributed by atoms with E-state index in [4.69, 9.17) is 14.2 Å². The lowest BCUT2D eigenvalue weighted by atomic mass is 10.0. The van der Waals surface area contributed by atoms with Gasteiger partial charge in [0.25, 0.3) is 0 Å². The molecule has 128 valence electrons. The molecule has 0 bridgehead atoms. The first kappa shape index (κ1) is 19.3. The zero-order valence-corrected chi connectivity index (χ0v) is 14.6. The van der Waals surface area contributed by atoms with Gasteiger partial charge in [-0.2, -0.15) is 0 Å². The van der Waals surface area contributed by atoms with Crippen LogP contribution in [0.25, 0.3) is 0 Å². The Morgan fingerprint density at radius 3 is 2.61 bits per heavy atom. The Bertz CT molecular complexity index is 526. The summed E-state index contributed by atoms with van der Waals surface area (Å²) in [5.41, 5.74) is 3.25. The van der Waals surface area contributed by atoms with Crippen LogP contribution in [-0.2, 0) is 22.5 Å². The van der Waals surface area contributed by atoms with Gasteiger partial charge in [0.1, 0.15) is 5.75 Å². The highest BCUT2D eigenvalue weighted by Crippen LogP contribution is 2.22. The minimum absolute atomic E-state index is 0.0435. The van der Waals surface area contributed by atoms with Crippen molar-refractivity contribution < 1.29 is 19.3 Å². The zero-order valence-electron chi connectivity index (χ0n) is 14.6. The number of aliphatic hydroxyl groups is 1. The normalized spacial score (nSPS) is 12.4. The van der Waals surface area contributed by atoms with Crippen molar-refractivity contribution in [2.45, 2.75) is 39.7 Å². The Kier molecular flexibility index (Phi) is 9.10. The molecule has 0 aliphatic rings. The number of hydrogen-bond donors (Lipinski definition) is 1. The summed E-state index contributed by atoms with van der Waals surface area (Å²) in [5, 5.41) is 9.47. The molecule has 0 aromatic heterocycles. The van der Waals surface area contributed by atoms with E-state index in [0.717, 1.165) is 30.6 Å². The van der Waals surface area contributed by atoms with Crippen LogP contribution in [0.1, 0.15) is 37.8 Å². The Morgan fingerprint density at radius 2 is 2.00 bits per heavy atom. The molecule has 0 saturated heterocycles. The van der Waals surface area contributed by atoms with Crippen LogP contribution in [-0.4, -0.2) is 26.1 Å². The first-order valence-corrected chi connectivity index (χ1v) is 7.89. The van der Waals surface area contributed by atoms with Crippen molar-refractivity contribution in [2.75, 3.05) is 21.0 Å². The van der Waals surface area contributed by atoms with Crippen LogP contribution in [0.3, 0.4) is 0 Å². The molecule has 0 heterocycles. The van der Waals surface area contributed by atoms with Gasteiger partial charge in [0.2, 0.25) is 0 Å². The van der Waals surface area contributed by atoms with Gasteiger partial charge in [-0.25, -0.2) is 0 Å². The summed E-state index contributed by atoms with van der Waals surface area (Å²) in [6.45, 7) is 4.32. The summed E-state index contributed by atoms with van der Waals surface area (Å²) in [4.78, 5) is 0. The number of ether oxygens (including phenoxy) is 3. The molecule has 1 rings (SSSR count). The molecular weight excluding hydrogens is 292 g/mol. The Morgan fingerprint density at radius 1 is 1.22 bits per heavy atom. The van der Waals surface area contributed by atoms with E-state index in [-0.39, 0.29) is 13.4 Å². The maximum absolute atomic E-state index is 9.47. The topological polar surface area (TPSA) is 47.9 Å². The lowest BCUT2D eigenvalue weighted by molar-refractivity contribution is 0.0495. The fourth-order valence-electron chi connectivity index (χ4n) is 2.17. The number of aryl methyl sites for hydroxylation is 1. The predicted molar refractivity (Wildman–Crippen MR) is 92.3 cm³/mol. The van der Waals surface area contributed by atoms with E-state index in [1.165, 1.54) is 11.1 Å². The number of hydrogen-bond acceptors (Lipinski definition) is 4. The number of rotatable bonds is 10. The first-order valence-electron chi connectivity index (χ1n) is 7.89. The molecule has 1 N–H and O–H groups in total. The van der Waals surface area contributed by atoms with Crippen molar-refractivity contribution in [2.24, 2.45) is 0 Å². The maximum Gasteiger partial charge on any atom is 0.188 e. The Balaban J connectivity index is 2.67. The molecule has 1 aromatic carbocycles. The highest BCUT2D eigenvalue weighted by atomic mass is 16.7. The monoisotopic (exact) mass is 320 g/mol. The summed E-state index contributed by atoms with van der Waals surface area (Å²) in [6.07, 6.45) is 6.90. The molecule has 0 aliphatic carbocycles. The van der Waals surface area contributed by atoms with Crippen LogP contribution in [0, 0.1) is 0 Å². The molecule has 4 nitrogen and oxygen atoms in total. The quantitative estimate of drug-likeness (QED) is 0.402. The smallest absolute Gasteiger partial charge is 0.188 e. The maximum atomic E-state index is 9.47. The van der Waals surface area contributed by atoms with E-state index in [9.17, 15) is 5.11 Å². The third-order valence-corrected chi connectivity index (χ3v) is 3.60. The van der Waals surface area contributed by atoms with E-state index in [0.29, 0.717) is 5.75 Å². The fourth-order valence-corrected chi connectivity index (χ4v) is 2.17. The van der Waals surface area contributed by atoms with E-state index >= 15 is 0 Å². The van der Waals surface area contributed by atoms with Gasteiger partial charge in [-0.3, -0.25) is 0 Å². The molecule has 0 radical (unpaired) electrons. The van der Waals surface area contributed by atoms with Crippen molar-refractivity contribution in [1.82, 2.24) is 0 Å². The lowest BCUT2D eigenvalue weighted by Gasteiger charge is -2.11. The molecule has 0 unspecified atom stereocenters. The van der Waals surface area contributed by atoms with Gasteiger partial charge in [-0.1, -0.05) is 24.6 Å². The molecule has 23 heavy (non-hydrogen) atoms. The van der Waals surface area contributed by atoms with Crippen LogP contribution >= 0.6 is 0 Å². The second kappa shape index (κ2) is 10.9. The minimum atomic E-state index is -0.0435. The summed E-state index contributed by atoms with van der Waals surface area (Å²) in [7, 11) is 3.27. The van der Waals surface area contributed by atoms with Gasteiger partial charge in [0.05, 0.1) is 19.5 Å². The van der Waals surface area contributed by atoms with Crippen LogP contribution in [0.15, 0.2) is 41.7 Å². The molecule has 0 aliphatic heterocycles. The Hall–Kier alpha value is -1.78. The van der Waals surface area contributed by atoms with E-state index in [1.54, 1.807) is 14.2 Å². The fraction of sp³-hybridized carbons (Fsp3) is 0.474. The van der Waals surface area contributed by atoms with Gasteiger partial charge >= 0.3 is 0 Å². The van der Waals surface area contributed by atoms with E-state index < -0.39 is 0 Å². The van der Waals surface area contributed by atoms with Gasteiger partial charge < -0.3 is 19.3 Å². The van der Waals surface area contributed by atoms with Gasteiger partial charge in [0.15, 0.2) is 6.79 Å². The molecule has 0 amide bonds. The first-order chi connectivity index (χ1) is 11.1. The van der Waals surface area contributed by atoms with E-state index in [2.05, 4.69) is 19.9 Å². The van der Waals surface area contributed by atoms with Crippen molar-refractivity contribution >= 4 is 0 Å². The highest BCUT2D eigenvalue weighted by Gasteiger charge is 2.05. The summed E-state index contributed by atoms with van der Waals surface area (Å²) in [6, 6.07) is 5.90. The molecular formula is C19H28O4. The zero-order chi connectivity index (χ0) is 17.1. The van der Waals surface area contributed by atoms with E-state index in [1.807, 2.05) is 24.3 Å². The summed E-state index contributed by atoms with van der Waals surface area (Å²) < 4.78 is 15.6. The average molecular weight is 320 g/mol. The van der Waals surface area contributed by atoms with Crippen molar-refractivity contribution in [1.29, 1.82) is 0 Å². The SMILES string of the molecule is CC/C(=C\C=C(/C)CCc1ccc(OCOC)c(CO)c1)OC. The molecule has 0 spiro atoms. The number of methoxy groups -OCH3 is 2. The van der Waals surface area contributed by atoms with Crippen molar-refractivity contribution in [3.8, 4) is 5.75 Å². The van der Waals surface area contributed by atoms with Gasteiger partial charge in [-0.05, 0) is 43.5 Å². The number of benzene rings is 1. The predicted octanol–water partition coefficient (Wildman–Crippen LogP) is 3.98. The number of allylic oxidation sites excluding steroid dienone is 4. The Labute approximate surface area is 139 Å². The second-order valence-electron chi connectivity index (χ2n) is 5.35. The van der Waals surface area contributed by atoms with Crippen LogP contribution < -0.4 is 4.74 Å². The standard InChI is InChI=1S/C19H28O4/c1-5-18(22-4)10-7-15(2)6-8-16-9-11-19(23-14-21-3)17(12-16)13-20/h7,9-12,20H,5-6,8,13-14H2,1-4H3/b15-7+,18-10+. The van der Waals surface area contributed by atoms with Gasteiger partial charge in [0, 0.05) is 19.1 Å². The molecule has 4 heteroatoms. The number of aliphatic hydroxyl groups excluding tert-OH is 1. The average Bonchev–Trinajstić information content (AvgIpc) is 2.59. The summed E-state index contributed by atoms with van der Waals surface area (Å²) >= 11 is 0. The summed E-state index contributed by atoms with van der Waals surface area (Å²) in [5.74, 6) is 1.65. The molecule has 1 aromatic rings. The highest BCUT2D eigenvalue weighted by molar-refractivity contribution is 5.37. The third kappa shape index (κ3) is 6.89. The molecule has 0 atom stereocenters. The third-order valence-electron chi connectivity index (χ3n) is 3.60. The van der Waals surface area contributed by atoms with Crippen molar-refractivity contribution in [3.63, 3.8) is 0 Å². The van der Waals surface area contributed by atoms with Gasteiger partial charge in [-0.15, -0.1) is 0 Å². The lowest BCUT2D eigenvalue weighted by Crippen LogP contribution is -2.02. The van der Waals surface area contributed by atoms with Crippen molar-refractivity contribution in [3.05, 3.63) is 52.8 Å². The van der Waals surface area contributed by atoms with Crippen LogP contribution in [0.5, 0.6) is 5.75 Å². The second-order valence-corrected chi connectivity index (χ2v) is 5.35. The van der Waals surface area contributed by atoms with Crippen LogP contribution in [0.4, 0.5) is 0 Å². The molecule has 0 saturated carbocycles.